The van der Waals surface area contributed by atoms with Crippen molar-refractivity contribution in [1.82, 2.24) is 9.78 Å². The van der Waals surface area contributed by atoms with Crippen LogP contribution in [0.1, 0.15) is 23.0 Å². The summed E-state index contributed by atoms with van der Waals surface area (Å²) in [5.41, 5.74) is 6.11. The van der Waals surface area contributed by atoms with Gasteiger partial charge in [0.25, 0.3) is 5.56 Å². The maximum Gasteiger partial charge on any atom is 0.359 e. The van der Waals surface area contributed by atoms with Crippen molar-refractivity contribution in [2.45, 2.75) is 6.92 Å². The van der Waals surface area contributed by atoms with Crippen LogP contribution in [-0.4, -0.2) is 22.4 Å². The first-order chi connectivity index (χ1) is 12.1. The highest BCUT2D eigenvalue weighted by Gasteiger charge is 2.21. The first-order valence-electron chi connectivity index (χ1n) is 7.56. The van der Waals surface area contributed by atoms with Gasteiger partial charge in [-0.3, -0.25) is 4.79 Å². The maximum absolute atomic E-state index is 12.9. The van der Waals surface area contributed by atoms with Crippen molar-refractivity contribution in [2.24, 2.45) is 0 Å². The molecule has 25 heavy (non-hydrogen) atoms. The van der Waals surface area contributed by atoms with Gasteiger partial charge >= 0.3 is 5.97 Å². The summed E-state index contributed by atoms with van der Waals surface area (Å²) >= 11 is 0. The van der Waals surface area contributed by atoms with E-state index in [1.165, 1.54) is 12.1 Å². The molecule has 0 aliphatic heterocycles. The number of hydrogen-bond acceptors (Lipinski definition) is 6. The van der Waals surface area contributed by atoms with E-state index in [1.54, 1.807) is 37.3 Å². The van der Waals surface area contributed by atoms with Gasteiger partial charge in [0.05, 0.1) is 28.9 Å². The molecule has 3 aromatic rings. The molecule has 0 amide bonds. The van der Waals surface area contributed by atoms with Crippen molar-refractivity contribution >= 4 is 22.4 Å². The summed E-state index contributed by atoms with van der Waals surface area (Å²) in [6, 6.07) is 13.5. The number of nitrogen functional groups attached to an aromatic ring is 1. The molecule has 0 spiro atoms. The average molecular weight is 334 g/mol. The third kappa shape index (κ3) is 2.70. The summed E-state index contributed by atoms with van der Waals surface area (Å²) in [4.78, 5) is 25.2. The largest absolute Gasteiger partial charge is 0.461 e. The Balaban J connectivity index is 2.45. The number of aromatic nitrogens is 2. The van der Waals surface area contributed by atoms with Crippen LogP contribution in [0.2, 0.25) is 0 Å². The molecule has 0 saturated carbocycles. The Morgan fingerprint density at radius 2 is 2.00 bits per heavy atom. The Kier molecular flexibility index (Phi) is 4.18. The van der Waals surface area contributed by atoms with E-state index in [0.29, 0.717) is 5.69 Å². The van der Waals surface area contributed by atoms with Crippen LogP contribution in [0.5, 0.6) is 0 Å². The lowest BCUT2D eigenvalue weighted by Gasteiger charge is -2.12. The Morgan fingerprint density at radius 3 is 2.64 bits per heavy atom. The molecule has 124 valence electrons. The highest BCUT2D eigenvalue weighted by Crippen LogP contribution is 2.24. The third-order valence-corrected chi connectivity index (χ3v) is 3.70. The number of nitriles is 1. The van der Waals surface area contributed by atoms with Gasteiger partial charge in [-0.2, -0.15) is 15.0 Å². The van der Waals surface area contributed by atoms with E-state index in [-0.39, 0.29) is 34.3 Å². The first kappa shape index (κ1) is 16.2. The van der Waals surface area contributed by atoms with Crippen molar-refractivity contribution in [2.75, 3.05) is 12.3 Å². The number of rotatable bonds is 3. The van der Waals surface area contributed by atoms with Gasteiger partial charge in [0.15, 0.2) is 5.69 Å². The Bertz CT molecular complexity index is 1070. The van der Waals surface area contributed by atoms with Crippen LogP contribution in [0.15, 0.2) is 47.3 Å². The van der Waals surface area contributed by atoms with E-state index in [4.69, 9.17) is 10.5 Å². The topological polar surface area (TPSA) is 111 Å². The highest BCUT2D eigenvalue weighted by atomic mass is 16.5. The van der Waals surface area contributed by atoms with Crippen LogP contribution in [0, 0.1) is 11.3 Å². The summed E-state index contributed by atoms with van der Waals surface area (Å²) in [6.45, 7) is 1.84. The molecule has 0 aliphatic carbocycles. The zero-order valence-electron chi connectivity index (χ0n) is 13.4. The molecule has 3 rings (SSSR count). The SMILES string of the molecule is CCOC(=O)c1nn(-c2ccccc2)c(=O)c2c(N)c(C#N)ccc12. The van der Waals surface area contributed by atoms with Gasteiger partial charge in [0.2, 0.25) is 0 Å². The third-order valence-electron chi connectivity index (χ3n) is 3.70. The molecule has 0 radical (unpaired) electrons. The molecule has 1 heterocycles. The lowest BCUT2D eigenvalue weighted by atomic mass is 10.0. The van der Waals surface area contributed by atoms with Crippen molar-refractivity contribution in [3.8, 4) is 11.8 Å². The predicted octanol–water partition coefficient (Wildman–Crippen LogP) is 2.02. The average Bonchev–Trinajstić information content (AvgIpc) is 2.63. The van der Waals surface area contributed by atoms with E-state index in [0.717, 1.165) is 4.68 Å². The molecule has 0 aliphatic rings. The smallest absolute Gasteiger partial charge is 0.359 e. The van der Waals surface area contributed by atoms with Crippen molar-refractivity contribution in [3.05, 3.63) is 64.1 Å². The number of ether oxygens (including phenoxy) is 1. The molecule has 0 unspecified atom stereocenters. The van der Waals surface area contributed by atoms with Crippen LogP contribution < -0.4 is 11.3 Å². The summed E-state index contributed by atoms with van der Waals surface area (Å²) in [6.07, 6.45) is 0. The van der Waals surface area contributed by atoms with Crippen molar-refractivity contribution < 1.29 is 9.53 Å². The fourth-order valence-corrected chi connectivity index (χ4v) is 2.54. The summed E-state index contributed by atoms with van der Waals surface area (Å²) in [5.74, 6) is -0.665. The standard InChI is InChI=1S/C18H14N4O3/c1-2-25-18(24)16-13-9-8-11(10-19)15(20)14(13)17(23)22(21-16)12-6-4-3-5-7-12/h3-9H,2,20H2,1H3. The van der Waals surface area contributed by atoms with E-state index in [2.05, 4.69) is 5.10 Å². The monoisotopic (exact) mass is 334 g/mol. The molecule has 0 bridgehead atoms. The predicted molar refractivity (Wildman–Crippen MR) is 92.4 cm³/mol. The van der Waals surface area contributed by atoms with E-state index in [9.17, 15) is 14.9 Å². The fourth-order valence-electron chi connectivity index (χ4n) is 2.54. The van der Waals surface area contributed by atoms with Gasteiger partial charge in [0.1, 0.15) is 6.07 Å². The number of para-hydroxylation sites is 1. The number of benzene rings is 2. The molecule has 0 fully saturated rings. The van der Waals surface area contributed by atoms with Crippen LogP contribution in [0.4, 0.5) is 5.69 Å². The van der Waals surface area contributed by atoms with E-state index in [1.807, 2.05) is 6.07 Å². The molecular weight excluding hydrogens is 320 g/mol. The minimum atomic E-state index is -0.665. The second kappa shape index (κ2) is 6.45. The number of hydrogen-bond donors (Lipinski definition) is 1. The van der Waals surface area contributed by atoms with Gasteiger partial charge in [-0.05, 0) is 25.1 Å². The summed E-state index contributed by atoms with van der Waals surface area (Å²) in [7, 11) is 0. The van der Waals surface area contributed by atoms with Gasteiger partial charge in [-0.15, -0.1) is 0 Å². The van der Waals surface area contributed by atoms with Crippen LogP contribution in [0.25, 0.3) is 16.5 Å². The normalized spacial score (nSPS) is 10.4. The highest BCUT2D eigenvalue weighted by molar-refractivity contribution is 6.06. The van der Waals surface area contributed by atoms with Crippen LogP contribution in [0.3, 0.4) is 0 Å². The number of esters is 1. The minimum absolute atomic E-state index is 0.0163. The number of fused-ring (bicyclic) bond motifs is 1. The lowest BCUT2D eigenvalue weighted by molar-refractivity contribution is 0.0520. The summed E-state index contributed by atoms with van der Waals surface area (Å²) in [5, 5.41) is 13.7. The quantitative estimate of drug-likeness (QED) is 0.579. The maximum atomic E-state index is 12.9. The first-order valence-corrected chi connectivity index (χ1v) is 7.56. The minimum Gasteiger partial charge on any atom is -0.461 e. The van der Waals surface area contributed by atoms with Crippen molar-refractivity contribution in [3.63, 3.8) is 0 Å². The van der Waals surface area contributed by atoms with Gasteiger partial charge in [0, 0.05) is 5.39 Å². The zero-order valence-corrected chi connectivity index (χ0v) is 13.4. The molecule has 0 saturated heterocycles. The molecule has 2 aromatic carbocycles. The molecular formula is C18H14N4O3. The molecule has 1 aromatic heterocycles. The van der Waals surface area contributed by atoms with E-state index >= 15 is 0 Å². The Labute approximate surface area is 142 Å². The molecule has 7 nitrogen and oxygen atoms in total. The Morgan fingerprint density at radius 1 is 1.28 bits per heavy atom. The van der Waals surface area contributed by atoms with Crippen molar-refractivity contribution in [1.29, 1.82) is 5.26 Å². The number of carbonyl (C=O) groups is 1. The number of nitrogens with two attached hydrogens (primary N) is 1. The van der Waals surface area contributed by atoms with Gasteiger partial charge in [-0.25, -0.2) is 4.79 Å². The molecule has 2 N–H and O–H groups in total. The number of anilines is 1. The van der Waals surface area contributed by atoms with Crippen LogP contribution >= 0.6 is 0 Å². The number of carbonyl (C=O) groups excluding carboxylic acids is 1. The van der Waals surface area contributed by atoms with Crippen LogP contribution in [-0.2, 0) is 4.74 Å². The zero-order chi connectivity index (χ0) is 18.0. The fraction of sp³-hybridized carbons (Fsp3) is 0.111. The number of nitrogens with zero attached hydrogens (tertiary/aromatic N) is 3. The summed E-state index contributed by atoms with van der Waals surface area (Å²) < 4.78 is 6.13. The second-order valence-electron chi connectivity index (χ2n) is 5.18. The molecule has 7 heteroatoms. The Hall–Kier alpha value is -3.66. The molecule has 0 atom stereocenters. The second-order valence-corrected chi connectivity index (χ2v) is 5.18. The lowest BCUT2D eigenvalue weighted by Crippen LogP contribution is -2.26. The van der Waals surface area contributed by atoms with Gasteiger partial charge in [-0.1, -0.05) is 24.3 Å². The van der Waals surface area contributed by atoms with Gasteiger partial charge < -0.3 is 10.5 Å². The van der Waals surface area contributed by atoms with E-state index < -0.39 is 11.5 Å².